The summed E-state index contributed by atoms with van der Waals surface area (Å²) in [6.45, 7) is 2.25. The van der Waals surface area contributed by atoms with Crippen LogP contribution in [0.1, 0.15) is 71.1 Å². The molecular weight excluding hydrogens is 300 g/mol. The van der Waals surface area contributed by atoms with Gasteiger partial charge < -0.3 is 9.84 Å². The lowest BCUT2D eigenvalue weighted by Gasteiger charge is -2.00. The number of esters is 1. The Morgan fingerprint density at radius 1 is 0.875 bits per heavy atom. The molecule has 0 fully saturated rings. The Balaban J connectivity index is 3.59. The van der Waals surface area contributed by atoms with E-state index in [1.54, 1.807) is 12.2 Å². The van der Waals surface area contributed by atoms with Crippen molar-refractivity contribution in [3.8, 4) is 0 Å². The van der Waals surface area contributed by atoms with E-state index in [2.05, 4.69) is 17.7 Å². The normalized spacial score (nSPS) is 12.7. The van der Waals surface area contributed by atoms with Crippen LogP contribution < -0.4 is 0 Å². The lowest BCUT2D eigenvalue weighted by Crippen LogP contribution is -1.92. The number of hydrogen-bond donors (Lipinski definition) is 1. The molecule has 0 spiro atoms. The number of hydrogen-bond acceptors (Lipinski definition) is 3. The monoisotopic (exact) mass is 334 g/mol. The number of aliphatic hydroxyl groups is 1. The first-order valence-electron chi connectivity index (χ1n) is 9.19. The van der Waals surface area contributed by atoms with E-state index in [4.69, 9.17) is 0 Å². The Hall–Kier alpha value is -1.77. The fraction of sp³-hybridized carbons (Fsp3) is 0.571. The summed E-state index contributed by atoms with van der Waals surface area (Å²) in [7, 11) is 1.31. The predicted octanol–water partition coefficient (Wildman–Crippen LogP) is 6.19. The maximum absolute atomic E-state index is 10.8. The minimum absolute atomic E-state index is 0.0999. The van der Waals surface area contributed by atoms with E-state index in [-0.39, 0.29) is 5.76 Å². The lowest BCUT2D eigenvalue weighted by molar-refractivity contribution is -0.134. The molecule has 0 aromatic rings. The molecule has 0 amide bonds. The van der Waals surface area contributed by atoms with Gasteiger partial charge in [0.05, 0.1) is 7.11 Å². The molecule has 0 aliphatic rings. The van der Waals surface area contributed by atoms with Crippen molar-refractivity contribution in [1.82, 2.24) is 0 Å². The van der Waals surface area contributed by atoms with Crippen LogP contribution in [0.15, 0.2) is 48.3 Å². The number of unbranched alkanes of at least 4 members (excludes halogenated alkanes) is 9. The number of carbonyl (C=O) groups is 1. The zero-order chi connectivity index (χ0) is 17.9. The topological polar surface area (TPSA) is 46.5 Å². The smallest absolute Gasteiger partial charge is 0.330 e. The molecule has 0 atom stereocenters. The zero-order valence-corrected chi connectivity index (χ0v) is 15.4. The number of methoxy groups -OCH3 is 1. The maximum Gasteiger partial charge on any atom is 0.330 e. The first-order valence-corrected chi connectivity index (χ1v) is 9.19. The van der Waals surface area contributed by atoms with Gasteiger partial charge in [0.2, 0.25) is 0 Å². The van der Waals surface area contributed by atoms with Gasteiger partial charge in [-0.1, -0.05) is 82.6 Å². The van der Waals surface area contributed by atoms with Gasteiger partial charge in [-0.2, -0.15) is 0 Å². The van der Waals surface area contributed by atoms with Crippen molar-refractivity contribution in [2.24, 2.45) is 0 Å². The molecule has 0 aliphatic carbocycles. The molecule has 24 heavy (non-hydrogen) atoms. The molecule has 0 unspecified atom stereocenters. The van der Waals surface area contributed by atoms with Crippen LogP contribution in [0.2, 0.25) is 0 Å². The third kappa shape index (κ3) is 16.6. The predicted molar refractivity (Wildman–Crippen MR) is 102 cm³/mol. The zero-order valence-electron chi connectivity index (χ0n) is 15.4. The average Bonchev–Trinajstić information content (AvgIpc) is 2.58. The molecule has 0 saturated carbocycles. The Labute approximate surface area is 147 Å². The minimum atomic E-state index is -0.441. The van der Waals surface area contributed by atoms with Crippen molar-refractivity contribution in [3.63, 3.8) is 0 Å². The first-order chi connectivity index (χ1) is 11.7. The van der Waals surface area contributed by atoms with Crippen molar-refractivity contribution >= 4 is 5.97 Å². The van der Waals surface area contributed by atoms with Gasteiger partial charge in [0.15, 0.2) is 0 Å². The van der Waals surface area contributed by atoms with Crippen LogP contribution in [0, 0.1) is 0 Å². The van der Waals surface area contributed by atoms with Crippen LogP contribution in [-0.4, -0.2) is 18.2 Å². The van der Waals surface area contributed by atoms with Crippen LogP contribution in [0.5, 0.6) is 0 Å². The molecular formula is C21H34O3. The Kier molecular flexibility index (Phi) is 16.3. The van der Waals surface area contributed by atoms with Gasteiger partial charge in [-0.05, 0) is 25.0 Å². The summed E-state index contributed by atoms with van der Waals surface area (Å²) < 4.78 is 4.45. The summed E-state index contributed by atoms with van der Waals surface area (Å²) in [5.74, 6) is -0.341. The molecule has 0 heterocycles. The lowest BCUT2D eigenvalue weighted by atomic mass is 10.1. The van der Waals surface area contributed by atoms with Crippen LogP contribution in [0.25, 0.3) is 0 Å². The van der Waals surface area contributed by atoms with Gasteiger partial charge in [-0.25, -0.2) is 4.79 Å². The summed E-state index contributed by atoms with van der Waals surface area (Å²) in [6.07, 6.45) is 24.8. The van der Waals surface area contributed by atoms with E-state index in [0.717, 1.165) is 6.42 Å². The highest BCUT2D eigenvalue weighted by Crippen LogP contribution is 2.10. The molecule has 1 N–H and O–H groups in total. The van der Waals surface area contributed by atoms with Crippen molar-refractivity contribution < 1.29 is 14.6 Å². The Bertz CT molecular complexity index is 417. The molecule has 0 saturated heterocycles. The molecule has 0 aromatic carbocycles. The molecule has 136 valence electrons. The largest absolute Gasteiger partial charge is 0.508 e. The van der Waals surface area contributed by atoms with Gasteiger partial charge in [0.25, 0.3) is 0 Å². The number of allylic oxidation sites excluding steroid dienone is 6. The number of aliphatic hydroxyl groups excluding tert-OH is 1. The fourth-order valence-corrected chi connectivity index (χ4v) is 2.25. The van der Waals surface area contributed by atoms with E-state index in [1.165, 1.54) is 83.1 Å². The number of carbonyl (C=O) groups excluding carboxylic acids is 1. The van der Waals surface area contributed by atoms with Crippen molar-refractivity contribution in [2.75, 3.05) is 7.11 Å². The van der Waals surface area contributed by atoms with Crippen LogP contribution >= 0.6 is 0 Å². The maximum atomic E-state index is 10.8. The summed E-state index contributed by atoms with van der Waals surface area (Å²) >= 11 is 0. The molecule has 0 aromatic heterocycles. The van der Waals surface area contributed by atoms with Gasteiger partial charge >= 0.3 is 5.97 Å². The summed E-state index contributed by atoms with van der Waals surface area (Å²) in [5.41, 5.74) is 0. The van der Waals surface area contributed by atoms with Gasteiger partial charge in [-0.15, -0.1) is 0 Å². The highest BCUT2D eigenvalue weighted by molar-refractivity contribution is 5.82. The minimum Gasteiger partial charge on any atom is -0.508 e. The SMILES string of the molecule is CCCCCCCCCCCC=CC=CC(O)=CC=CC(=O)OC. The Morgan fingerprint density at radius 3 is 2.12 bits per heavy atom. The second-order valence-electron chi connectivity index (χ2n) is 5.88. The summed E-state index contributed by atoms with van der Waals surface area (Å²) in [4.78, 5) is 10.8. The number of rotatable bonds is 14. The van der Waals surface area contributed by atoms with Crippen LogP contribution in [0.3, 0.4) is 0 Å². The molecule has 0 radical (unpaired) electrons. The second kappa shape index (κ2) is 17.6. The molecule has 3 nitrogen and oxygen atoms in total. The average molecular weight is 335 g/mol. The molecule has 0 rings (SSSR count). The molecule has 0 aliphatic heterocycles. The highest BCUT2D eigenvalue weighted by Gasteiger charge is 1.91. The van der Waals surface area contributed by atoms with E-state index < -0.39 is 5.97 Å². The van der Waals surface area contributed by atoms with E-state index in [0.29, 0.717) is 0 Å². The third-order valence-electron chi connectivity index (χ3n) is 3.69. The Morgan fingerprint density at radius 2 is 1.50 bits per heavy atom. The third-order valence-corrected chi connectivity index (χ3v) is 3.69. The van der Waals surface area contributed by atoms with E-state index in [9.17, 15) is 9.90 Å². The fourth-order valence-electron chi connectivity index (χ4n) is 2.25. The summed E-state index contributed by atoms with van der Waals surface area (Å²) in [5, 5.41) is 9.55. The van der Waals surface area contributed by atoms with Crippen molar-refractivity contribution in [3.05, 3.63) is 48.3 Å². The standard InChI is InChI=1S/C21H34O3/c1-3-4-5-6-7-8-9-10-11-12-13-14-15-17-20(22)18-16-19-21(23)24-2/h13-19,22H,3-12H2,1-2H3. The van der Waals surface area contributed by atoms with E-state index >= 15 is 0 Å². The van der Waals surface area contributed by atoms with E-state index in [1.807, 2.05) is 6.08 Å². The van der Waals surface area contributed by atoms with Crippen LogP contribution in [0.4, 0.5) is 0 Å². The van der Waals surface area contributed by atoms with Crippen molar-refractivity contribution in [1.29, 1.82) is 0 Å². The van der Waals surface area contributed by atoms with Crippen LogP contribution in [-0.2, 0) is 9.53 Å². The summed E-state index contributed by atoms with van der Waals surface area (Å²) in [6, 6.07) is 0. The number of ether oxygens (including phenoxy) is 1. The van der Waals surface area contributed by atoms with Gasteiger partial charge in [-0.3, -0.25) is 0 Å². The quantitative estimate of drug-likeness (QED) is 0.135. The highest BCUT2D eigenvalue weighted by atomic mass is 16.5. The second-order valence-corrected chi connectivity index (χ2v) is 5.88. The molecule has 3 heteroatoms. The molecule has 0 bridgehead atoms. The van der Waals surface area contributed by atoms with Gasteiger partial charge in [0.1, 0.15) is 5.76 Å². The first kappa shape index (κ1) is 22.2. The van der Waals surface area contributed by atoms with Crippen molar-refractivity contribution in [2.45, 2.75) is 71.1 Å². The van der Waals surface area contributed by atoms with Gasteiger partial charge in [0, 0.05) is 6.08 Å².